The molecule has 11 heteroatoms. The van der Waals surface area contributed by atoms with Crippen LogP contribution in [0.3, 0.4) is 0 Å². The molecule has 8 nitrogen and oxygen atoms in total. The number of hydrogen-bond acceptors (Lipinski definition) is 7. The van der Waals surface area contributed by atoms with E-state index in [9.17, 15) is 23.0 Å². The van der Waals surface area contributed by atoms with Gasteiger partial charge in [0.1, 0.15) is 29.3 Å². The molecule has 2 aromatic rings. The van der Waals surface area contributed by atoms with Crippen molar-refractivity contribution in [1.29, 1.82) is 5.26 Å². The quantitative estimate of drug-likeness (QED) is 0.727. The number of hydrogen-bond donors (Lipinski definition) is 2. The lowest BCUT2D eigenvalue weighted by Gasteiger charge is -2.27. The van der Waals surface area contributed by atoms with E-state index in [1.54, 1.807) is 6.07 Å². The second-order valence-electron chi connectivity index (χ2n) is 6.23. The third-order valence-electron chi connectivity index (χ3n) is 4.34. The third kappa shape index (κ3) is 3.80. The van der Waals surface area contributed by atoms with Crippen molar-refractivity contribution in [2.24, 2.45) is 0 Å². The summed E-state index contributed by atoms with van der Waals surface area (Å²) in [5.41, 5.74) is -2.10. The van der Waals surface area contributed by atoms with Gasteiger partial charge in [-0.3, -0.25) is 0 Å². The highest BCUT2D eigenvalue weighted by molar-refractivity contribution is 7.89. The number of nitriles is 1. The molecule has 1 aromatic carbocycles. The monoisotopic (exact) mass is 427 g/mol. The van der Waals surface area contributed by atoms with E-state index in [4.69, 9.17) is 21.6 Å². The molecular weight excluding hydrogens is 413 g/mol. The fraction of sp³-hybridized carbons (Fsp3) is 0.294. The number of ether oxygens (including phenoxy) is 1. The van der Waals surface area contributed by atoms with E-state index in [0.717, 1.165) is 10.4 Å². The molecule has 1 aromatic heterocycles. The van der Waals surface area contributed by atoms with E-state index in [1.165, 1.54) is 30.5 Å². The van der Waals surface area contributed by atoms with Gasteiger partial charge in [-0.2, -0.15) is 9.57 Å². The summed E-state index contributed by atoms with van der Waals surface area (Å²) in [6.07, 6.45) is 0.00269. The lowest BCUT2D eigenvalue weighted by atomic mass is 10.0. The Bertz CT molecular complexity index is 1030. The fourth-order valence-corrected chi connectivity index (χ4v) is 4.31. The predicted octanol–water partition coefficient (Wildman–Crippen LogP) is 0.921. The topological polar surface area (TPSA) is 124 Å². The Morgan fingerprint density at radius 3 is 2.75 bits per heavy atom. The summed E-state index contributed by atoms with van der Waals surface area (Å²) in [6, 6.07) is 7.72. The Labute approximate surface area is 165 Å². The van der Waals surface area contributed by atoms with Crippen molar-refractivity contribution in [1.82, 2.24) is 9.29 Å². The van der Waals surface area contributed by atoms with Crippen LogP contribution in [-0.2, 0) is 10.0 Å². The lowest BCUT2D eigenvalue weighted by molar-refractivity contribution is -0.0641. The van der Waals surface area contributed by atoms with Crippen molar-refractivity contribution in [3.8, 4) is 11.8 Å². The fourth-order valence-electron chi connectivity index (χ4n) is 2.78. The van der Waals surface area contributed by atoms with Crippen molar-refractivity contribution in [2.45, 2.75) is 16.7 Å². The van der Waals surface area contributed by atoms with Crippen LogP contribution >= 0.6 is 11.6 Å². The summed E-state index contributed by atoms with van der Waals surface area (Å²) in [5, 5.41) is 29.0. The minimum atomic E-state index is -4.09. The van der Waals surface area contributed by atoms with Gasteiger partial charge in [0.15, 0.2) is 5.03 Å². The zero-order valence-electron chi connectivity index (χ0n) is 14.3. The van der Waals surface area contributed by atoms with Crippen LogP contribution in [0.15, 0.2) is 41.6 Å². The van der Waals surface area contributed by atoms with Crippen LogP contribution in [0, 0.1) is 17.1 Å². The number of sulfonamides is 1. The molecule has 0 aliphatic carbocycles. The summed E-state index contributed by atoms with van der Waals surface area (Å²) < 4.78 is 45.8. The van der Waals surface area contributed by atoms with Crippen LogP contribution in [0.1, 0.15) is 5.56 Å². The van der Waals surface area contributed by atoms with E-state index >= 15 is 0 Å². The molecule has 0 saturated carbocycles. The van der Waals surface area contributed by atoms with Crippen LogP contribution in [0.4, 0.5) is 4.39 Å². The predicted molar refractivity (Wildman–Crippen MR) is 95.6 cm³/mol. The molecule has 3 rings (SSSR count). The molecule has 0 bridgehead atoms. The van der Waals surface area contributed by atoms with Crippen LogP contribution < -0.4 is 4.74 Å². The van der Waals surface area contributed by atoms with Gasteiger partial charge in [0, 0.05) is 18.8 Å². The van der Waals surface area contributed by atoms with Crippen LogP contribution in [0.5, 0.6) is 5.75 Å². The normalized spacial score (nSPS) is 22.8. The van der Waals surface area contributed by atoms with Gasteiger partial charge in [-0.25, -0.2) is 17.8 Å². The van der Waals surface area contributed by atoms with Crippen molar-refractivity contribution in [3.63, 3.8) is 0 Å². The number of rotatable bonds is 5. The number of aliphatic hydroxyl groups is 2. The Balaban J connectivity index is 1.86. The zero-order chi connectivity index (χ0) is 20.5. The molecule has 0 unspecified atom stereocenters. The molecule has 2 N–H and O–H groups in total. The molecule has 1 aliphatic heterocycles. The molecule has 28 heavy (non-hydrogen) atoms. The Morgan fingerprint density at radius 1 is 1.43 bits per heavy atom. The first-order chi connectivity index (χ1) is 13.2. The maximum Gasteiger partial charge on any atom is 0.260 e. The van der Waals surface area contributed by atoms with E-state index in [2.05, 4.69) is 4.98 Å². The minimum absolute atomic E-state index is 0.0164. The van der Waals surface area contributed by atoms with E-state index < -0.39 is 40.7 Å². The number of benzene rings is 1. The number of aliphatic hydroxyl groups excluding tert-OH is 1. The molecule has 2 heterocycles. The van der Waals surface area contributed by atoms with Crippen LogP contribution in [-0.4, -0.2) is 59.3 Å². The van der Waals surface area contributed by atoms with Gasteiger partial charge < -0.3 is 14.9 Å². The second kappa shape index (κ2) is 7.62. The number of halogens is 2. The summed E-state index contributed by atoms with van der Waals surface area (Å²) in [4.78, 5) is 3.78. The van der Waals surface area contributed by atoms with E-state index in [1.807, 2.05) is 0 Å². The van der Waals surface area contributed by atoms with Gasteiger partial charge in [-0.15, -0.1) is 0 Å². The first-order valence-electron chi connectivity index (χ1n) is 8.01. The average molecular weight is 428 g/mol. The van der Waals surface area contributed by atoms with Gasteiger partial charge in [-0.1, -0.05) is 11.6 Å². The second-order valence-corrected chi connectivity index (χ2v) is 8.56. The Hall–Kier alpha value is -2.29. The first-order valence-corrected chi connectivity index (χ1v) is 9.82. The SMILES string of the molecule is N#Cc1ccc(O[C@H]2CN(S(=O)(=O)c3ccc(Cl)cn3)C[C@]2(O)CO)cc1F. The number of nitrogens with zero attached hydrogens (tertiary/aromatic N) is 3. The molecule has 148 valence electrons. The Kier molecular flexibility index (Phi) is 5.56. The molecule has 1 fully saturated rings. The van der Waals surface area contributed by atoms with Crippen molar-refractivity contribution in [3.05, 3.63) is 52.9 Å². The molecule has 0 radical (unpaired) electrons. The van der Waals surface area contributed by atoms with Gasteiger partial charge in [0.05, 0.1) is 23.7 Å². The van der Waals surface area contributed by atoms with Crippen molar-refractivity contribution < 1.29 is 27.8 Å². The minimum Gasteiger partial charge on any atom is -0.486 e. The molecule has 0 amide bonds. The Morgan fingerprint density at radius 2 is 2.18 bits per heavy atom. The summed E-state index contributed by atoms with van der Waals surface area (Å²) in [5.74, 6) is -0.836. The third-order valence-corrected chi connectivity index (χ3v) is 6.29. The highest BCUT2D eigenvalue weighted by Crippen LogP contribution is 2.31. The van der Waals surface area contributed by atoms with Gasteiger partial charge in [0.2, 0.25) is 0 Å². The molecule has 0 spiro atoms. The molecular formula is C17H15ClFN3O5S. The number of β-amino-alcohol motifs (C(OH)–C–C–N with tert-alkyl or cyclic N) is 1. The highest BCUT2D eigenvalue weighted by atomic mass is 35.5. The zero-order valence-corrected chi connectivity index (χ0v) is 15.9. The van der Waals surface area contributed by atoms with Gasteiger partial charge in [0.25, 0.3) is 10.0 Å². The highest BCUT2D eigenvalue weighted by Gasteiger charge is 2.51. The summed E-state index contributed by atoms with van der Waals surface area (Å²) >= 11 is 5.72. The van der Waals surface area contributed by atoms with Crippen molar-refractivity contribution >= 4 is 21.6 Å². The van der Waals surface area contributed by atoms with Gasteiger partial charge in [-0.05, 0) is 24.3 Å². The maximum atomic E-state index is 13.8. The molecule has 1 aliphatic rings. The lowest BCUT2D eigenvalue weighted by Crippen LogP contribution is -2.48. The molecule has 1 saturated heterocycles. The number of pyridine rings is 1. The maximum absolute atomic E-state index is 13.8. The summed E-state index contributed by atoms with van der Waals surface area (Å²) in [6.45, 7) is -1.53. The van der Waals surface area contributed by atoms with Crippen LogP contribution in [0.2, 0.25) is 5.02 Å². The van der Waals surface area contributed by atoms with E-state index in [-0.39, 0.29) is 27.9 Å². The van der Waals surface area contributed by atoms with E-state index in [0.29, 0.717) is 0 Å². The molecule has 2 atom stereocenters. The van der Waals surface area contributed by atoms with Crippen molar-refractivity contribution in [2.75, 3.05) is 19.7 Å². The smallest absolute Gasteiger partial charge is 0.260 e. The van der Waals surface area contributed by atoms with Crippen LogP contribution in [0.25, 0.3) is 0 Å². The summed E-state index contributed by atoms with van der Waals surface area (Å²) in [7, 11) is -4.09. The number of aromatic nitrogens is 1. The van der Waals surface area contributed by atoms with Gasteiger partial charge >= 0.3 is 0 Å². The standard InChI is InChI=1S/C17H15ClFN3O5S/c18-12-2-4-16(21-7-12)28(25,26)22-8-15(17(24,9-22)10-23)27-13-3-1-11(6-20)14(19)5-13/h1-5,7,15,23-24H,8-10H2/t15-,17-/m0/s1. The first kappa shape index (κ1) is 20.4. The largest absolute Gasteiger partial charge is 0.486 e. The average Bonchev–Trinajstić information content (AvgIpc) is 3.00.